The van der Waals surface area contributed by atoms with E-state index >= 15 is 0 Å². The number of carbonyl (C=O) groups excluding carboxylic acids is 2. The number of aryl methyl sites for hydroxylation is 1. The van der Waals surface area contributed by atoms with Gasteiger partial charge in [0.25, 0.3) is 5.56 Å². The molecule has 2 heterocycles. The Kier molecular flexibility index (Phi) is 5.66. The van der Waals surface area contributed by atoms with E-state index in [-0.39, 0.29) is 22.9 Å². The van der Waals surface area contributed by atoms with Crippen LogP contribution < -0.4 is 10.9 Å². The van der Waals surface area contributed by atoms with Gasteiger partial charge in [0.15, 0.2) is 5.16 Å². The number of anilines is 1. The van der Waals surface area contributed by atoms with Gasteiger partial charge in [-0.05, 0) is 55.9 Å². The topological polar surface area (TPSA) is 112 Å². The Morgan fingerprint density at radius 2 is 2.27 bits per heavy atom. The first-order valence-corrected chi connectivity index (χ1v) is 11.4. The highest BCUT2D eigenvalue weighted by atomic mass is 32.2. The Bertz CT molecular complexity index is 1200. The maximum absolute atomic E-state index is 12.7. The van der Waals surface area contributed by atoms with Gasteiger partial charge in [-0.3, -0.25) is 14.4 Å². The van der Waals surface area contributed by atoms with Gasteiger partial charge in [0.2, 0.25) is 5.91 Å². The van der Waals surface area contributed by atoms with Crippen LogP contribution in [-0.4, -0.2) is 32.5 Å². The first kappa shape index (κ1) is 20.6. The number of H-pyrrole nitrogens is 1. The fraction of sp³-hybridized carbons (Fsp3) is 0.333. The van der Waals surface area contributed by atoms with E-state index in [9.17, 15) is 19.5 Å². The van der Waals surface area contributed by atoms with Crippen molar-refractivity contribution in [2.75, 3.05) is 5.32 Å². The van der Waals surface area contributed by atoms with Gasteiger partial charge in [-0.2, -0.15) is 0 Å². The summed E-state index contributed by atoms with van der Waals surface area (Å²) in [6.07, 6.45) is 3.58. The summed E-state index contributed by atoms with van der Waals surface area (Å²) in [5.74, 6) is 0.106. The molecule has 0 saturated heterocycles. The molecule has 1 amide bonds. The number of phenolic OH excluding ortho intramolecular Hbond substituents is 1. The zero-order valence-corrected chi connectivity index (χ0v) is 18.2. The molecule has 30 heavy (non-hydrogen) atoms. The number of rotatable bonds is 5. The number of aromatic nitrogens is 2. The van der Waals surface area contributed by atoms with Gasteiger partial charge in [0, 0.05) is 10.4 Å². The predicted molar refractivity (Wildman–Crippen MR) is 119 cm³/mol. The van der Waals surface area contributed by atoms with Gasteiger partial charge in [-0.15, -0.1) is 11.3 Å². The lowest BCUT2D eigenvalue weighted by Crippen LogP contribution is -2.23. The van der Waals surface area contributed by atoms with Crippen LogP contribution >= 0.6 is 23.1 Å². The van der Waals surface area contributed by atoms with Crippen molar-refractivity contribution in [3.8, 4) is 5.75 Å². The molecule has 7 nitrogen and oxygen atoms in total. The zero-order chi connectivity index (χ0) is 21.4. The lowest BCUT2D eigenvalue weighted by molar-refractivity contribution is -0.115. The average molecular weight is 444 g/mol. The Morgan fingerprint density at radius 3 is 3.03 bits per heavy atom. The number of amides is 1. The number of aldehydes is 1. The third kappa shape index (κ3) is 3.99. The van der Waals surface area contributed by atoms with Gasteiger partial charge in [0.05, 0.1) is 16.3 Å². The Hall–Kier alpha value is -2.65. The van der Waals surface area contributed by atoms with Gasteiger partial charge < -0.3 is 15.4 Å². The van der Waals surface area contributed by atoms with Gasteiger partial charge >= 0.3 is 0 Å². The summed E-state index contributed by atoms with van der Waals surface area (Å²) in [5, 5.41) is 13.0. The van der Waals surface area contributed by atoms with Crippen LogP contribution in [0.1, 0.15) is 41.1 Å². The normalized spacial score (nSPS) is 16.8. The molecule has 2 atom stereocenters. The van der Waals surface area contributed by atoms with Crippen molar-refractivity contribution in [1.82, 2.24) is 9.97 Å². The van der Waals surface area contributed by atoms with Gasteiger partial charge in [-0.1, -0.05) is 18.7 Å². The molecular formula is C21H21N3O4S2. The number of phenols is 1. The van der Waals surface area contributed by atoms with Crippen LogP contribution in [0.5, 0.6) is 5.75 Å². The fourth-order valence-electron chi connectivity index (χ4n) is 3.57. The van der Waals surface area contributed by atoms with Crippen LogP contribution in [0.15, 0.2) is 28.2 Å². The quantitative estimate of drug-likeness (QED) is 0.240. The van der Waals surface area contributed by atoms with E-state index in [1.807, 2.05) is 0 Å². The third-order valence-electron chi connectivity index (χ3n) is 5.22. The minimum atomic E-state index is -0.584. The zero-order valence-electron chi connectivity index (χ0n) is 16.5. The summed E-state index contributed by atoms with van der Waals surface area (Å²) in [6, 6.07) is 4.21. The van der Waals surface area contributed by atoms with E-state index < -0.39 is 5.25 Å². The highest BCUT2D eigenvalue weighted by molar-refractivity contribution is 8.00. The van der Waals surface area contributed by atoms with Crippen LogP contribution in [0, 0.1) is 5.92 Å². The smallest absolute Gasteiger partial charge is 0.260 e. The Balaban J connectivity index is 1.54. The molecule has 0 aliphatic heterocycles. The van der Waals surface area contributed by atoms with Crippen LogP contribution in [0.25, 0.3) is 10.2 Å². The van der Waals surface area contributed by atoms with Crippen LogP contribution in [-0.2, 0) is 17.6 Å². The molecule has 0 bridgehead atoms. The summed E-state index contributed by atoms with van der Waals surface area (Å²) in [6.45, 7) is 3.90. The minimum Gasteiger partial charge on any atom is -0.506 e. The van der Waals surface area contributed by atoms with Crippen molar-refractivity contribution in [3.05, 3.63) is 44.6 Å². The monoisotopic (exact) mass is 443 g/mol. The number of nitrogens with one attached hydrogen (secondary N) is 2. The molecule has 2 unspecified atom stereocenters. The summed E-state index contributed by atoms with van der Waals surface area (Å²) in [5.41, 5.74) is 1.46. The predicted octanol–water partition coefficient (Wildman–Crippen LogP) is 3.75. The SMILES string of the molecule is CC1CCc2c(sc3nc(SC(C)C(=O)Nc4cc(C=O)ccc4O)[nH]c(=O)c23)C1. The van der Waals surface area contributed by atoms with Crippen LogP contribution in [0.4, 0.5) is 5.69 Å². The maximum Gasteiger partial charge on any atom is 0.260 e. The standard InChI is InChI=1S/C21H21N3O4S2/c1-10-3-5-13-16(7-10)30-20-17(13)19(28)23-21(24-20)29-11(2)18(27)22-14-8-12(9-25)4-6-15(14)26/h4,6,8-11,26H,3,5,7H2,1-2H3,(H,22,27)(H,23,24,28). The summed E-state index contributed by atoms with van der Waals surface area (Å²) in [4.78, 5) is 45.5. The summed E-state index contributed by atoms with van der Waals surface area (Å²) >= 11 is 2.70. The first-order valence-electron chi connectivity index (χ1n) is 9.66. The second-order valence-corrected chi connectivity index (χ2v) is 9.96. The molecule has 4 rings (SSSR count). The minimum absolute atomic E-state index is 0.127. The fourth-order valence-corrected chi connectivity index (χ4v) is 5.81. The molecule has 1 aromatic carbocycles. The number of fused-ring (bicyclic) bond motifs is 3. The van der Waals surface area contributed by atoms with E-state index in [0.29, 0.717) is 33.1 Å². The van der Waals surface area contributed by atoms with E-state index in [1.54, 1.807) is 18.3 Å². The molecule has 0 saturated carbocycles. The Labute approximate surface area is 180 Å². The third-order valence-corrected chi connectivity index (χ3v) is 7.35. The molecule has 1 aliphatic rings. The first-order chi connectivity index (χ1) is 14.4. The second-order valence-electron chi connectivity index (χ2n) is 7.55. The maximum atomic E-state index is 12.7. The van der Waals surface area contributed by atoms with Crippen molar-refractivity contribution in [1.29, 1.82) is 0 Å². The van der Waals surface area contributed by atoms with Crippen molar-refractivity contribution in [2.24, 2.45) is 5.92 Å². The number of thiophene rings is 1. The van der Waals surface area contributed by atoms with E-state index in [0.717, 1.165) is 36.6 Å². The van der Waals surface area contributed by atoms with Crippen molar-refractivity contribution in [2.45, 2.75) is 43.5 Å². The highest BCUT2D eigenvalue weighted by Gasteiger charge is 2.24. The number of aromatic hydroxyl groups is 1. The van der Waals surface area contributed by atoms with Crippen molar-refractivity contribution < 1.29 is 14.7 Å². The Morgan fingerprint density at radius 1 is 1.47 bits per heavy atom. The number of hydrogen-bond acceptors (Lipinski definition) is 7. The van der Waals surface area contributed by atoms with Crippen molar-refractivity contribution in [3.63, 3.8) is 0 Å². The molecule has 9 heteroatoms. The second kappa shape index (κ2) is 8.23. The number of benzene rings is 1. The number of nitrogens with zero attached hydrogens (tertiary/aromatic N) is 1. The molecule has 0 radical (unpaired) electrons. The highest BCUT2D eigenvalue weighted by Crippen LogP contribution is 2.36. The van der Waals surface area contributed by atoms with E-state index in [4.69, 9.17) is 0 Å². The summed E-state index contributed by atoms with van der Waals surface area (Å²) in [7, 11) is 0. The van der Waals surface area contributed by atoms with Crippen LogP contribution in [0.3, 0.4) is 0 Å². The van der Waals surface area contributed by atoms with Gasteiger partial charge in [-0.25, -0.2) is 4.98 Å². The molecule has 3 N–H and O–H groups in total. The molecule has 3 aromatic rings. The number of carbonyl (C=O) groups is 2. The van der Waals surface area contributed by atoms with Crippen molar-refractivity contribution >= 4 is 51.2 Å². The van der Waals surface area contributed by atoms with E-state index in [1.165, 1.54) is 23.1 Å². The largest absolute Gasteiger partial charge is 0.506 e. The number of aromatic amines is 1. The molecule has 0 spiro atoms. The molecule has 1 aliphatic carbocycles. The van der Waals surface area contributed by atoms with Crippen LogP contribution in [0.2, 0.25) is 0 Å². The number of thioether (sulfide) groups is 1. The lowest BCUT2D eigenvalue weighted by atomic mass is 9.89. The average Bonchev–Trinajstić information content (AvgIpc) is 3.07. The summed E-state index contributed by atoms with van der Waals surface area (Å²) < 4.78 is 0. The molecular weight excluding hydrogens is 422 g/mol. The molecule has 2 aromatic heterocycles. The van der Waals surface area contributed by atoms with E-state index in [2.05, 4.69) is 22.2 Å². The molecule has 156 valence electrons. The number of hydrogen-bond donors (Lipinski definition) is 3. The molecule has 0 fully saturated rings. The van der Waals surface area contributed by atoms with Gasteiger partial charge in [0.1, 0.15) is 16.9 Å². The lowest BCUT2D eigenvalue weighted by Gasteiger charge is -2.17.